The Bertz CT molecular complexity index is 383. The Labute approximate surface area is 125 Å². The van der Waals surface area contributed by atoms with Crippen LogP contribution in [-0.2, 0) is 10.0 Å². The van der Waals surface area contributed by atoms with E-state index in [0.717, 1.165) is 5.92 Å². The highest BCUT2D eigenvalue weighted by Crippen LogP contribution is 2.40. The molecule has 0 spiro atoms. The summed E-state index contributed by atoms with van der Waals surface area (Å²) in [5.74, 6) is 1.01. The molecule has 1 aliphatic carbocycles. The van der Waals surface area contributed by atoms with Gasteiger partial charge in [0.15, 0.2) is 0 Å². The molecule has 1 aliphatic rings. The largest absolute Gasteiger partial charge is 0.313 e. The van der Waals surface area contributed by atoms with Crippen molar-refractivity contribution >= 4 is 10.0 Å². The summed E-state index contributed by atoms with van der Waals surface area (Å²) >= 11 is 0. The van der Waals surface area contributed by atoms with E-state index in [0.29, 0.717) is 18.0 Å². The Balaban J connectivity index is 2.30. The predicted octanol–water partition coefficient (Wildman–Crippen LogP) is 2.46. The number of hydrogen-bond acceptors (Lipinski definition) is 3. The molecule has 0 aromatic rings. The molecular weight excluding hydrogens is 272 g/mol. The fourth-order valence-electron chi connectivity index (χ4n) is 2.94. The van der Waals surface area contributed by atoms with E-state index in [4.69, 9.17) is 0 Å². The number of rotatable bonds is 7. The van der Waals surface area contributed by atoms with E-state index in [1.54, 1.807) is 14.1 Å². The monoisotopic (exact) mass is 304 g/mol. The Morgan fingerprint density at radius 2 is 1.70 bits per heavy atom. The van der Waals surface area contributed by atoms with Gasteiger partial charge in [-0.25, -0.2) is 12.7 Å². The van der Waals surface area contributed by atoms with Gasteiger partial charge in [0, 0.05) is 26.7 Å². The second kappa shape index (κ2) is 7.23. The molecule has 5 heteroatoms. The van der Waals surface area contributed by atoms with Gasteiger partial charge in [-0.3, -0.25) is 0 Å². The van der Waals surface area contributed by atoms with E-state index in [1.807, 2.05) is 0 Å². The third kappa shape index (κ3) is 5.01. The summed E-state index contributed by atoms with van der Waals surface area (Å²) in [6, 6.07) is 0.497. The van der Waals surface area contributed by atoms with Crippen LogP contribution in [0.3, 0.4) is 0 Å². The molecule has 1 rings (SSSR count). The molecule has 0 radical (unpaired) electrons. The molecular formula is C15H32N2O2S. The summed E-state index contributed by atoms with van der Waals surface area (Å²) in [5.41, 5.74) is 0.444. The molecule has 0 heterocycles. The first kappa shape index (κ1) is 17.9. The van der Waals surface area contributed by atoms with Crippen molar-refractivity contribution in [3.8, 4) is 0 Å². The van der Waals surface area contributed by atoms with Gasteiger partial charge in [-0.2, -0.15) is 0 Å². The summed E-state index contributed by atoms with van der Waals surface area (Å²) in [5, 5.41) is 3.42. The van der Waals surface area contributed by atoms with Crippen molar-refractivity contribution in [3.63, 3.8) is 0 Å². The SMILES string of the molecule is CCC(C)(C)C1CCC(NCCS(=O)(=O)N(C)C)CC1. The minimum Gasteiger partial charge on any atom is -0.313 e. The van der Waals surface area contributed by atoms with Crippen molar-refractivity contribution in [1.82, 2.24) is 9.62 Å². The molecule has 4 nitrogen and oxygen atoms in total. The lowest BCUT2D eigenvalue weighted by atomic mass is 9.69. The lowest BCUT2D eigenvalue weighted by molar-refractivity contribution is 0.137. The molecule has 0 aromatic heterocycles. The van der Waals surface area contributed by atoms with Crippen LogP contribution >= 0.6 is 0 Å². The first-order valence-corrected chi connectivity index (χ1v) is 9.43. The van der Waals surface area contributed by atoms with Crippen LogP contribution in [0.25, 0.3) is 0 Å². The molecule has 20 heavy (non-hydrogen) atoms. The number of sulfonamides is 1. The highest BCUT2D eigenvalue weighted by molar-refractivity contribution is 7.89. The van der Waals surface area contributed by atoms with Crippen LogP contribution < -0.4 is 5.32 Å². The molecule has 0 aliphatic heterocycles. The van der Waals surface area contributed by atoms with Gasteiger partial charge in [0.1, 0.15) is 0 Å². The zero-order valence-corrected chi connectivity index (χ0v) is 14.6. The number of nitrogens with zero attached hydrogens (tertiary/aromatic N) is 1. The van der Waals surface area contributed by atoms with Gasteiger partial charge in [-0.1, -0.05) is 27.2 Å². The van der Waals surface area contributed by atoms with Crippen molar-refractivity contribution < 1.29 is 8.42 Å². The van der Waals surface area contributed by atoms with Gasteiger partial charge in [-0.05, 0) is 37.0 Å². The van der Waals surface area contributed by atoms with Gasteiger partial charge in [0.2, 0.25) is 10.0 Å². The first-order valence-electron chi connectivity index (χ1n) is 7.82. The minimum atomic E-state index is -3.07. The van der Waals surface area contributed by atoms with E-state index >= 15 is 0 Å². The second-order valence-electron chi connectivity index (χ2n) is 6.94. The fraction of sp³-hybridized carbons (Fsp3) is 1.00. The lowest BCUT2D eigenvalue weighted by Crippen LogP contribution is -2.40. The third-order valence-corrected chi connectivity index (χ3v) is 6.93. The van der Waals surface area contributed by atoms with Crippen LogP contribution in [0.2, 0.25) is 0 Å². The summed E-state index contributed by atoms with van der Waals surface area (Å²) in [6.07, 6.45) is 6.11. The van der Waals surface area contributed by atoms with Crippen LogP contribution in [0, 0.1) is 11.3 Å². The van der Waals surface area contributed by atoms with Crippen molar-refractivity contribution in [2.75, 3.05) is 26.4 Å². The smallest absolute Gasteiger partial charge is 0.214 e. The predicted molar refractivity (Wildman–Crippen MR) is 85.3 cm³/mol. The average molecular weight is 305 g/mol. The Hall–Kier alpha value is -0.130. The maximum absolute atomic E-state index is 11.7. The van der Waals surface area contributed by atoms with Crippen molar-refractivity contribution in [1.29, 1.82) is 0 Å². The summed E-state index contributed by atoms with van der Waals surface area (Å²) < 4.78 is 24.7. The molecule has 0 amide bonds. The minimum absolute atomic E-state index is 0.195. The first-order chi connectivity index (χ1) is 9.19. The van der Waals surface area contributed by atoms with E-state index < -0.39 is 10.0 Å². The van der Waals surface area contributed by atoms with Gasteiger partial charge in [0.05, 0.1) is 5.75 Å². The van der Waals surface area contributed by atoms with Crippen LogP contribution in [0.5, 0.6) is 0 Å². The van der Waals surface area contributed by atoms with Crippen LogP contribution in [0.1, 0.15) is 52.9 Å². The molecule has 1 N–H and O–H groups in total. The summed E-state index contributed by atoms with van der Waals surface area (Å²) in [6.45, 7) is 7.58. The lowest BCUT2D eigenvalue weighted by Gasteiger charge is -2.39. The summed E-state index contributed by atoms with van der Waals surface area (Å²) in [7, 11) is 0.115. The third-order valence-electron chi connectivity index (χ3n) is 5.09. The fourth-order valence-corrected chi connectivity index (χ4v) is 3.68. The quantitative estimate of drug-likeness (QED) is 0.786. The Kier molecular flexibility index (Phi) is 6.48. The summed E-state index contributed by atoms with van der Waals surface area (Å²) in [4.78, 5) is 0. The van der Waals surface area contributed by atoms with Gasteiger partial charge < -0.3 is 5.32 Å². The highest BCUT2D eigenvalue weighted by Gasteiger charge is 2.31. The molecule has 0 unspecified atom stereocenters. The molecule has 0 saturated heterocycles. The van der Waals surface area contributed by atoms with Crippen molar-refractivity contribution in [2.24, 2.45) is 11.3 Å². The van der Waals surface area contributed by atoms with Gasteiger partial charge in [-0.15, -0.1) is 0 Å². The molecule has 120 valence electrons. The van der Waals surface area contributed by atoms with Gasteiger partial charge >= 0.3 is 0 Å². The maximum Gasteiger partial charge on any atom is 0.214 e. The van der Waals surface area contributed by atoms with Crippen LogP contribution in [-0.4, -0.2) is 45.2 Å². The van der Waals surface area contributed by atoms with Crippen LogP contribution in [0.4, 0.5) is 0 Å². The number of hydrogen-bond donors (Lipinski definition) is 1. The molecule has 0 atom stereocenters. The average Bonchev–Trinajstić information content (AvgIpc) is 2.39. The highest BCUT2D eigenvalue weighted by atomic mass is 32.2. The molecule has 0 aromatic carbocycles. The zero-order valence-electron chi connectivity index (χ0n) is 13.8. The van der Waals surface area contributed by atoms with Crippen LogP contribution in [0.15, 0.2) is 0 Å². The van der Waals surface area contributed by atoms with Crippen molar-refractivity contribution in [2.45, 2.75) is 58.9 Å². The standard InChI is InChI=1S/C15H32N2O2S/c1-6-15(2,3)13-7-9-14(10-8-13)16-11-12-20(18,19)17(4)5/h13-14,16H,6-12H2,1-5H3. The Morgan fingerprint density at radius 3 is 2.15 bits per heavy atom. The zero-order chi connectivity index (χ0) is 15.4. The number of nitrogens with one attached hydrogen (secondary N) is 1. The van der Waals surface area contributed by atoms with Gasteiger partial charge in [0.25, 0.3) is 0 Å². The van der Waals surface area contributed by atoms with E-state index in [-0.39, 0.29) is 5.75 Å². The van der Waals surface area contributed by atoms with E-state index in [9.17, 15) is 8.42 Å². The topological polar surface area (TPSA) is 49.4 Å². The molecule has 1 saturated carbocycles. The Morgan fingerprint density at radius 1 is 1.15 bits per heavy atom. The van der Waals surface area contributed by atoms with E-state index in [2.05, 4.69) is 26.1 Å². The molecule has 0 bridgehead atoms. The molecule has 1 fully saturated rings. The van der Waals surface area contributed by atoms with E-state index in [1.165, 1.54) is 36.4 Å². The normalized spacial score (nSPS) is 25.1. The second-order valence-corrected chi connectivity index (χ2v) is 9.25. The van der Waals surface area contributed by atoms with Crippen molar-refractivity contribution in [3.05, 3.63) is 0 Å². The maximum atomic E-state index is 11.7.